The number of hydrogen-bond donors (Lipinski definition) is 0. The minimum Gasteiger partial charge on any atom is -0.497 e. The molecule has 1 heterocycles. The largest absolute Gasteiger partial charge is 0.497 e. The van der Waals surface area contributed by atoms with E-state index in [4.69, 9.17) is 9.72 Å². The molecule has 120 valence electrons. The van der Waals surface area contributed by atoms with E-state index in [0.717, 1.165) is 41.1 Å². The Hall–Kier alpha value is -2.16. The summed E-state index contributed by atoms with van der Waals surface area (Å²) < 4.78 is 5.20. The number of carbonyl (C=O) groups excluding carboxylic acids is 1. The predicted octanol–water partition coefficient (Wildman–Crippen LogP) is 4.86. The van der Waals surface area contributed by atoms with Gasteiger partial charge in [-0.15, -0.1) is 0 Å². The third-order valence-corrected chi connectivity index (χ3v) is 5.11. The molecule has 1 aliphatic rings. The van der Waals surface area contributed by atoms with E-state index in [0.29, 0.717) is 5.92 Å². The van der Waals surface area contributed by atoms with Crippen LogP contribution in [-0.2, 0) is 0 Å². The Balaban J connectivity index is 2.02. The molecule has 0 aliphatic heterocycles. The zero-order valence-corrected chi connectivity index (χ0v) is 14.2. The van der Waals surface area contributed by atoms with E-state index in [1.807, 2.05) is 36.4 Å². The number of ether oxygens (including phenoxy) is 1. The predicted molar refractivity (Wildman–Crippen MR) is 92.0 cm³/mol. The summed E-state index contributed by atoms with van der Waals surface area (Å²) in [4.78, 5) is 17.6. The molecule has 1 aromatic heterocycles. The Labute approximate surface area is 137 Å². The molecule has 3 heteroatoms. The zero-order valence-electron chi connectivity index (χ0n) is 14.2. The van der Waals surface area contributed by atoms with E-state index >= 15 is 0 Å². The van der Waals surface area contributed by atoms with Gasteiger partial charge in [0.05, 0.1) is 18.5 Å². The summed E-state index contributed by atoms with van der Waals surface area (Å²) in [5.74, 6) is 1.36. The number of benzene rings is 1. The van der Waals surface area contributed by atoms with Crippen molar-refractivity contribution in [2.45, 2.75) is 39.5 Å². The Morgan fingerprint density at radius 3 is 2.52 bits per heavy atom. The topological polar surface area (TPSA) is 39.2 Å². The molecule has 1 aromatic carbocycles. The van der Waals surface area contributed by atoms with Crippen molar-refractivity contribution in [2.75, 3.05) is 7.11 Å². The van der Waals surface area contributed by atoms with Crippen LogP contribution in [-0.4, -0.2) is 17.9 Å². The molecule has 0 bridgehead atoms. The number of fused-ring (bicyclic) bond motifs is 1. The van der Waals surface area contributed by atoms with Crippen LogP contribution in [0.25, 0.3) is 11.3 Å². The first-order valence-corrected chi connectivity index (χ1v) is 8.18. The van der Waals surface area contributed by atoms with Crippen molar-refractivity contribution in [2.24, 2.45) is 5.41 Å². The van der Waals surface area contributed by atoms with Gasteiger partial charge in [0.2, 0.25) is 0 Å². The third-order valence-electron chi connectivity index (χ3n) is 5.11. The van der Waals surface area contributed by atoms with Gasteiger partial charge < -0.3 is 4.74 Å². The van der Waals surface area contributed by atoms with Gasteiger partial charge in [-0.3, -0.25) is 9.78 Å². The highest BCUT2D eigenvalue weighted by Gasteiger charge is 2.40. The molecule has 0 fully saturated rings. The summed E-state index contributed by atoms with van der Waals surface area (Å²) in [6.45, 7) is 6.34. The summed E-state index contributed by atoms with van der Waals surface area (Å²) in [5.41, 5.74) is 3.43. The average molecular weight is 309 g/mol. The molecule has 2 atom stereocenters. The number of aromatic nitrogens is 1. The monoisotopic (exact) mass is 309 g/mol. The van der Waals surface area contributed by atoms with E-state index in [9.17, 15) is 4.79 Å². The van der Waals surface area contributed by atoms with Gasteiger partial charge in [0.1, 0.15) is 5.75 Å². The lowest BCUT2D eigenvalue weighted by Crippen LogP contribution is -2.34. The van der Waals surface area contributed by atoms with Crippen LogP contribution in [0.2, 0.25) is 0 Å². The van der Waals surface area contributed by atoms with Crippen molar-refractivity contribution >= 4 is 5.78 Å². The van der Waals surface area contributed by atoms with Crippen LogP contribution in [0, 0.1) is 5.41 Å². The number of ketones is 1. The molecule has 0 spiro atoms. The molecule has 3 rings (SSSR count). The number of pyridine rings is 1. The number of rotatable bonds is 3. The van der Waals surface area contributed by atoms with Gasteiger partial charge >= 0.3 is 0 Å². The summed E-state index contributed by atoms with van der Waals surface area (Å²) in [5, 5.41) is 0. The van der Waals surface area contributed by atoms with Crippen molar-refractivity contribution in [3.05, 3.63) is 47.7 Å². The highest BCUT2D eigenvalue weighted by Crippen LogP contribution is 2.43. The van der Waals surface area contributed by atoms with Crippen LogP contribution < -0.4 is 4.74 Å². The maximum Gasteiger partial charge on any atom is 0.170 e. The molecular formula is C20H23NO2. The summed E-state index contributed by atoms with van der Waals surface area (Å²) >= 11 is 0. The fraction of sp³-hybridized carbons (Fsp3) is 0.400. The van der Waals surface area contributed by atoms with Crippen LogP contribution in [0.1, 0.15) is 55.6 Å². The molecule has 0 amide bonds. The van der Waals surface area contributed by atoms with E-state index < -0.39 is 0 Å². The Morgan fingerprint density at radius 1 is 1.22 bits per heavy atom. The highest BCUT2D eigenvalue weighted by atomic mass is 16.5. The van der Waals surface area contributed by atoms with Gasteiger partial charge in [-0.1, -0.05) is 20.8 Å². The summed E-state index contributed by atoms with van der Waals surface area (Å²) in [6.07, 6.45) is 1.74. The van der Waals surface area contributed by atoms with Gasteiger partial charge in [-0.05, 0) is 49.2 Å². The maximum absolute atomic E-state index is 12.8. The lowest BCUT2D eigenvalue weighted by atomic mass is 9.68. The van der Waals surface area contributed by atoms with E-state index in [2.05, 4.69) is 20.8 Å². The van der Waals surface area contributed by atoms with Gasteiger partial charge in [0.15, 0.2) is 5.78 Å². The molecule has 0 N–H and O–H groups in total. The molecule has 0 unspecified atom stereocenters. The molecule has 1 aliphatic carbocycles. The van der Waals surface area contributed by atoms with Crippen LogP contribution in [0.3, 0.4) is 0 Å². The first-order chi connectivity index (χ1) is 11.0. The summed E-state index contributed by atoms with van der Waals surface area (Å²) in [7, 11) is 1.66. The number of methoxy groups -OCH3 is 1. The zero-order chi connectivity index (χ0) is 16.6. The number of carbonyl (C=O) groups is 1. The average Bonchev–Trinajstić information content (AvgIpc) is 2.59. The molecular weight excluding hydrogens is 286 g/mol. The van der Waals surface area contributed by atoms with E-state index in [-0.39, 0.29) is 11.2 Å². The van der Waals surface area contributed by atoms with E-state index in [1.165, 1.54) is 0 Å². The lowest BCUT2D eigenvalue weighted by Gasteiger charge is -2.35. The Bertz CT molecular complexity index is 736. The number of Topliss-reactive ketones (excluding diaryl/α,β-unsaturated/α-hetero) is 1. The van der Waals surface area contributed by atoms with Gasteiger partial charge in [-0.25, -0.2) is 0 Å². The van der Waals surface area contributed by atoms with E-state index in [1.54, 1.807) is 7.11 Å². The Kier molecular flexibility index (Phi) is 3.97. The SMILES string of the molecule is CC[C@@]1(C)C[C@H](C)c2nc(-c3ccc(OC)cc3)ccc2C1=O. The molecule has 0 saturated carbocycles. The van der Waals surface area contributed by atoms with Gasteiger partial charge in [0, 0.05) is 22.5 Å². The standard InChI is InChI=1S/C20H23NO2/c1-5-20(3)12-13(2)18-16(19(20)22)10-11-17(21-18)14-6-8-15(23-4)9-7-14/h6-11,13H,5,12H2,1-4H3/t13-,20-/m0/s1. The summed E-state index contributed by atoms with van der Waals surface area (Å²) in [6, 6.07) is 11.8. The Morgan fingerprint density at radius 2 is 1.91 bits per heavy atom. The smallest absolute Gasteiger partial charge is 0.170 e. The van der Waals surface area contributed by atoms with Crippen LogP contribution in [0.15, 0.2) is 36.4 Å². The second-order valence-corrected chi connectivity index (χ2v) is 6.71. The second kappa shape index (κ2) is 5.80. The minimum atomic E-state index is -0.254. The maximum atomic E-state index is 12.8. The quantitative estimate of drug-likeness (QED) is 0.812. The highest BCUT2D eigenvalue weighted by molar-refractivity contribution is 6.02. The first kappa shape index (κ1) is 15.7. The van der Waals surface area contributed by atoms with Crippen molar-refractivity contribution < 1.29 is 9.53 Å². The third kappa shape index (κ3) is 2.65. The molecule has 23 heavy (non-hydrogen) atoms. The number of nitrogens with zero attached hydrogens (tertiary/aromatic N) is 1. The van der Waals surface area contributed by atoms with Crippen molar-refractivity contribution in [3.8, 4) is 17.0 Å². The first-order valence-electron chi connectivity index (χ1n) is 8.18. The second-order valence-electron chi connectivity index (χ2n) is 6.71. The number of hydrogen-bond acceptors (Lipinski definition) is 3. The molecule has 0 radical (unpaired) electrons. The van der Waals surface area contributed by atoms with Crippen molar-refractivity contribution in [1.82, 2.24) is 4.98 Å². The lowest BCUT2D eigenvalue weighted by molar-refractivity contribution is 0.0760. The minimum absolute atomic E-state index is 0.238. The van der Waals surface area contributed by atoms with Gasteiger partial charge in [0.25, 0.3) is 0 Å². The fourth-order valence-corrected chi connectivity index (χ4v) is 3.46. The van der Waals surface area contributed by atoms with Crippen molar-refractivity contribution in [1.29, 1.82) is 0 Å². The molecule has 2 aromatic rings. The van der Waals surface area contributed by atoms with Crippen LogP contribution in [0.5, 0.6) is 5.75 Å². The van der Waals surface area contributed by atoms with Crippen LogP contribution in [0.4, 0.5) is 0 Å². The molecule has 0 saturated heterocycles. The van der Waals surface area contributed by atoms with Crippen molar-refractivity contribution in [3.63, 3.8) is 0 Å². The van der Waals surface area contributed by atoms with Gasteiger partial charge in [-0.2, -0.15) is 0 Å². The normalized spacial score (nSPS) is 23.5. The molecule has 3 nitrogen and oxygen atoms in total. The van der Waals surface area contributed by atoms with Crippen LogP contribution >= 0.6 is 0 Å². The fourth-order valence-electron chi connectivity index (χ4n) is 3.46.